The summed E-state index contributed by atoms with van der Waals surface area (Å²) < 4.78 is 6.38. The number of hydrogen-bond donors (Lipinski definition) is 1. The highest BCUT2D eigenvalue weighted by atomic mass is 79.9. The first-order valence-electron chi connectivity index (χ1n) is 6.54. The van der Waals surface area contributed by atoms with Gasteiger partial charge in [0.05, 0.1) is 7.11 Å². The van der Waals surface area contributed by atoms with Crippen LogP contribution in [0.15, 0.2) is 34.8 Å². The summed E-state index contributed by atoms with van der Waals surface area (Å²) in [5.41, 5.74) is 5.06. The largest absolute Gasteiger partial charge is 0.496 e. The third-order valence-corrected chi connectivity index (χ3v) is 4.60. The van der Waals surface area contributed by atoms with Crippen molar-refractivity contribution < 1.29 is 9.84 Å². The molecule has 106 valence electrons. The quantitative estimate of drug-likeness (QED) is 0.897. The molecule has 0 heterocycles. The van der Waals surface area contributed by atoms with E-state index in [1.165, 1.54) is 5.56 Å². The van der Waals surface area contributed by atoms with Crippen LogP contribution in [-0.2, 0) is 0 Å². The number of methoxy groups -OCH3 is 1. The van der Waals surface area contributed by atoms with Crippen LogP contribution in [0.4, 0.5) is 0 Å². The van der Waals surface area contributed by atoms with E-state index < -0.39 is 6.10 Å². The Hall–Kier alpha value is -1.32. The molecule has 20 heavy (non-hydrogen) atoms. The summed E-state index contributed by atoms with van der Waals surface area (Å²) >= 11 is 3.52. The van der Waals surface area contributed by atoms with Crippen molar-refractivity contribution in [3.8, 4) is 5.75 Å². The van der Waals surface area contributed by atoms with E-state index in [0.717, 1.165) is 26.7 Å². The number of aliphatic hydroxyl groups excluding tert-OH is 1. The SMILES string of the molecule is COc1cc(C)c(Br)cc1C(O)c1cccc(C)c1C. The maximum Gasteiger partial charge on any atom is 0.125 e. The molecule has 0 amide bonds. The highest BCUT2D eigenvalue weighted by Gasteiger charge is 2.19. The minimum atomic E-state index is -0.693. The van der Waals surface area contributed by atoms with E-state index in [1.54, 1.807) is 7.11 Å². The monoisotopic (exact) mass is 334 g/mol. The topological polar surface area (TPSA) is 29.5 Å². The van der Waals surface area contributed by atoms with E-state index in [2.05, 4.69) is 15.9 Å². The fourth-order valence-electron chi connectivity index (χ4n) is 2.30. The van der Waals surface area contributed by atoms with E-state index in [-0.39, 0.29) is 0 Å². The van der Waals surface area contributed by atoms with Crippen molar-refractivity contribution in [3.63, 3.8) is 0 Å². The molecule has 0 spiro atoms. The van der Waals surface area contributed by atoms with Gasteiger partial charge in [-0.3, -0.25) is 0 Å². The molecule has 3 heteroatoms. The Morgan fingerprint density at radius 3 is 2.40 bits per heavy atom. The second kappa shape index (κ2) is 5.98. The summed E-state index contributed by atoms with van der Waals surface area (Å²) in [6, 6.07) is 9.85. The van der Waals surface area contributed by atoms with E-state index in [4.69, 9.17) is 4.74 Å². The minimum absolute atomic E-state index is 0.693. The maximum absolute atomic E-state index is 10.7. The van der Waals surface area contributed by atoms with Gasteiger partial charge in [0.1, 0.15) is 11.9 Å². The maximum atomic E-state index is 10.7. The van der Waals surface area contributed by atoms with Crippen molar-refractivity contribution in [2.45, 2.75) is 26.9 Å². The third kappa shape index (κ3) is 2.74. The first-order chi connectivity index (χ1) is 9.45. The summed E-state index contributed by atoms with van der Waals surface area (Å²) in [6.45, 7) is 6.08. The molecule has 2 aromatic carbocycles. The van der Waals surface area contributed by atoms with E-state index in [0.29, 0.717) is 5.75 Å². The molecule has 2 aromatic rings. The van der Waals surface area contributed by atoms with Gasteiger partial charge in [-0.05, 0) is 55.2 Å². The average molecular weight is 335 g/mol. The van der Waals surface area contributed by atoms with Crippen LogP contribution in [0.1, 0.15) is 33.9 Å². The molecule has 2 nitrogen and oxygen atoms in total. The van der Waals surface area contributed by atoms with Gasteiger partial charge in [-0.1, -0.05) is 34.1 Å². The molecule has 0 fully saturated rings. The smallest absolute Gasteiger partial charge is 0.125 e. The predicted octanol–water partition coefficient (Wildman–Crippen LogP) is 4.46. The zero-order valence-electron chi connectivity index (χ0n) is 12.2. The van der Waals surface area contributed by atoms with Crippen LogP contribution in [-0.4, -0.2) is 12.2 Å². The molecule has 1 atom stereocenters. The van der Waals surface area contributed by atoms with Gasteiger partial charge in [0.15, 0.2) is 0 Å². The molecule has 0 aliphatic heterocycles. The number of rotatable bonds is 3. The van der Waals surface area contributed by atoms with Crippen LogP contribution in [0.3, 0.4) is 0 Å². The van der Waals surface area contributed by atoms with Gasteiger partial charge < -0.3 is 9.84 Å². The number of aryl methyl sites for hydroxylation is 2. The molecule has 0 aromatic heterocycles. The van der Waals surface area contributed by atoms with Crippen LogP contribution in [0.5, 0.6) is 5.75 Å². The fourth-order valence-corrected chi connectivity index (χ4v) is 2.66. The van der Waals surface area contributed by atoms with Crippen molar-refractivity contribution in [1.29, 1.82) is 0 Å². The lowest BCUT2D eigenvalue weighted by molar-refractivity contribution is 0.214. The van der Waals surface area contributed by atoms with Crippen molar-refractivity contribution in [3.05, 3.63) is 62.6 Å². The highest BCUT2D eigenvalue weighted by molar-refractivity contribution is 9.10. The van der Waals surface area contributed by atoms with Gasteiger partial charge >= 0.3 is 0 Å². The zero-order chi connectivity index (χ0) is 14.9. The van der Waals surface area contributed by atoms with Crippen LogP contribution < -0.4 is 4.74 Å². The van der Waals surface area contributed by atoms with Crippen LogP contribution in [0, 0.1) is 20.8 Å². The number of halogens is 1. The van der Waals surface area contributed by atoms with Gasteiger partial charge in [-0.15, -0.1) is 0 Å². The second-order valence-corrected chi connectivity index (χ2v) is 5.89. The van der Waals surface area contributed by atoms with Crippen LogP contribution >= 0.6 is 15.9 Å². The van der Waals surface area contributed by atoms with Gasteiger partial charge in [-0.25, -0.2) is 0 Å². The molecule has 1 N–H and O–H groups in total. The Morgan fingerprint density at radius 1 is 1.05 bits per heavy atom. The molecule has 0 aliphatic carbocycles. The molecule has 0 radical (unpaired) electrons. The summed E-state index contributed by atoms with van der Waals surface area (Å²) in [6.07, 6.45) is -0.693. The van der Waals surface area contributed by atoms with E-state index >= 15 is 0 Å². The van der Waals surface area contributed by atoms with Crippen molar-refractivity contribution >= 4 is 15.9 Å². The molecule has 0 bridgehead atoms. The lowest BCUT2D eigenvalue weighted by atomic mass is 9.94. The molecule has 0 saturated heterocycles. The Bertz CT molecular complexity index is 635. The Labute approximate surface area is 128 Å². The number of ether oxygens (including phenoxy) is 1. The Kier molecular flexibility index (Phi) is 4.51. The lowest BCUT2D eigenvalue weighted by Gasteiger charge is -2.19. The molecule has 1 unspecified atom stereocenters. The van der Waals surface area contributed by atoms with Gasteiger partial charge in [0.25, 0.3) is 0 Å². The standard InChI is InChI=1S/C17H19BrO2/c1-10-6-5-7-13(12(10)3)17(19)14-9-15(18)11(2)8-16(14)20-4/h5-9,17,19H,1-4H3. The summed E-state index contributed by atoms with van der Waals surface area (Å²) in [5, 5.41) is 10.7. The molecule has 0 aliphatic rings. The minimum Gasteiger partial charge on any atom is -0.496 e. The van der Waals surface area contributed by atoms with Gasteiger partial charge in [0.2, 0.25) is 0 Å². The summed E-state index contributed by atoms with van der Waals surface area (Å²) in [4.78, 5) is 0. The predicted molar refractivity (Wildman–Crippen MR) is 85.4 cm³/mol. The normalized spacial score (nSPS) is 12.3. The fraction of sp³-hybridized carbons (Fsp3) is 0.294. The molecular weight excluding hydrogens is 316 g/mol. The van der Waals surface area contributed by atoms with Crippen molar-refractivity contribution in [2.24, 2.45) is 0 Å². The Balaban J connectivity index is 2.55. The lowest BCUT2D eigenvalue weighted by Crippen LogP contribution is -2.05. The van der Waals surface area contributed by atoms with Gasteiger partial charge in [0, 0.05) is 10.0 Å². The number of aliphatic hydroxyl groups is 1. The van der Waals surface area contributed by atoms with Crippen molar-refractivity contribution in [1.82, 2.24) is 0 Å². The first kappa shape index (κ1) is 15.1. The van der Waals surface area contributed by atoms with E-state index in [9.17, 15) is 5.11 Å². The summed E-state index contributed by atoms with van der Waals surface area (Å²) in [7, 11) is 1.63. The second-order valence-electron chi connectivity index (χ2n) is 5.04. The highest BCUT2D eigenvalue weighted by Crippen LogP contribution is 2.35. The molecule has 2 rings (SSSR count). The zero-order valence-corrected chi connectivity index (χ0v) is 13.8. The third-order valence-electron chi connectivity index (χ3n) is 3.75. The number of benzene rings is 2. The van der Waals surface area contributed by atoms with E-state index in [1.807, 2.05) is 51.1 Å². The van der Waals surface area contributed by atoms with Crippen LogP contribution in [0.25, 0.3) is 0 Å². The Morgan fingerprint density at radius 2 is 1.75 bits per heavy atom. The average Bonchev–Trinajstić information content (AvgIpc) is 2.43. The number of hydrogen-bond acceptors (Lipinski definition) is 2. The van der Waals surface area contributed by atoms with Crippen LogP contribution in [0.2, 0.25) is 0 Å². The van der Waals surface area contributed by atoms with Crippen molar-refractivity contribution in [2.75, 3.05) is 7.11 Å². The molecular formula is C17H19BrO2. The summed E-state index contributed by atoms with van der Waals surface area (Å²) in [5.74, 6) is 0.708. The molecule has 0 saturated carbocycles. The van der Waals surface area contributed by atoms with Gasteiger partial charge in [-0.2, -0.15) is 0 Å². The first-order valence-corrected chi connectivity index (χ1v) is 7.33.